The van der Waals surface area contributed by atoms with Gasteiger partial charge in [0.15, 0.2) is 5.65 Å². The first kappa shape index (κ1) is 13.0. The van der Waals surface area contributed by atoms with Crippen LogP contribution in [0.25, 0.3) is 11.0 Å². The van der Waals surface area contributed by atoms with Crippen LogP contribution in [0.15, 0.2) is 11.0 Å². The van der Waals surface area contributed by atoms with Crippen molar-refractivity contribution in [2.75, 3.05) is 0 Å². The second-order valence-electron chi connectivity index (χ2n) is 6.50. The third-order valence-corrected chi connectivity index (χ3v) is 4.83. The molecule has 1 N–H and O–H groups in total. The summed E-state index contributed by atoms with van der Waals surface area (Å²) in [7, 11) is 1.82. The normalized spacial score (nSPS) is 20.3. The Balaban J connectivity index is 1.65. The van der Waals surface area contributed by atoms with Crippen molar-refractivity contribution in [3.8, 4) is 0 Å². The molecule has 2 heterocycles. The van der Waals surface area contributed by atoms with E-state index in [0.717, 1.165) is 18.3 Å². The minimum Gasteiger partial charge on any atom is -0.309 e. The lowest BCUT2D eigenvalue weighted by Gasteiger charge is -2.28. The van der Waals surface area contributed by atoms with Gasteiger partial charge in [0, 0.05) is 19.1 Å². The molecule has 2 aromatic heterocycles. The number of fused-ring (bicyclic) bond motifs is 1. The number of nitrogens with zero attached hydrogens (tertiary/aromatic N) is 4. The van der Waals surface area contributed by atoms with E-state index < -0.39 is 0 Å². The number of rotatable bonds is 5. The quantitative estimate of drug-likeness (QED) is 0.903. The predicted molar refractivity (Wildman–Crippen MR) is 79.9 cm³/mol. The molecule has 2 aromatic rings. The molecule has 0 saturated heterocycles. The maximum absolute atomic E-state index is 12.1. The van der Waals surface area contributed by atoms with E-state index in [2.05, 4.69) is 26.9 Å². The minimum absolute atomic E-state index is 0.0853. The molecule has 0 aromatic carbocycles. The van der Waals surface area contributed by atoms with Gasteiger partial charge in [-0.3, -0.25) is 14.4 Å². The van der Waals surface area contributed by atoms with E-state index in [9.17, 15) is 4.79 Å². The number of aromatic nitrogens is 4. The van der Waals surface area contributed by atoms with Crippen LogP contribution >= 0.6 is 0 Å². The van der Waals surface area contributed by atoms with Gasteiger partial charge in [0.2, 0.25) is 0 Å². The van der Waals surface area contributed by atoms with Crippen molar-refractivity contribution in [2.24, 2.45) is 13.0 Å². The molecular formula is C15H21N5O. The van der Waals surface area contributed by atoms with E-state index in [1.54, 1.807) is 10.9 Å². The second kappa shape index (κ2) is 4.66. The molecule has 0 spiro atoms. The molecule has 6 nitrogen and oxygen atoms in total. The molecule has 2 aliphatic carbocycles. The number of hydrogen-bond donors (Lipinski definition) is 1. The van der Waals surface area contributed by atoms with Gasteiger partial charge in [-0.25, -0.2) is 4.98 Å². The highest BCUT2D eigenvalue weighted by atomic mass is 16.1. The summed E-state index contributed by atoms with van der Waals surface area (Å²) in [6, 6.07) is 1.26. The lowest BCUT2D eigenvalue weighted by molar-refractivity contribution is 0.166. The van der Waals surface area contributed by atoms with Crippen molar-refractivity contribution >= 4 is 11.0 Å². The molecule has 112 valence electrons. The number of hydrogen-bond acceptors (Lipinski definition) is 4. The van der Waals surface area contributed by atoms with Crippen LogP contribution in [0.1, 0.15) is 38.4 Å². The Kier molecular flexibility index (Phi) is 2.89. The van der Waals surface area contributed by atoms with Crippen LogP contribution in [0.3, 0.4) is 0 Å². The van der Waals surface area contributed by atoms with Crippen molar-refractivity contribution in [3.05, 3.63) is 22.4 Å². The van der Waals surface area contributed by atoms with Gasteiger partial charge in [-0.1, -0.05) is 0 Å². The van der Waals surface area contributed by atoms with Crippen molar-refractivity contribution in [1.29, 1.82) is 0 Å². The Bertz CT molecular complexity index is 725. The van der Waals surface area contributed by atoms with E-state index in [4.69, 9.17) is 0 Å². The van der Waals surface area contributed by atoms with Crippen LogP contribution < -0.4 is 5.56 Å². The Morgan fingerprint density at radius 1 is 1.43 bits per heavy atom. The van der Waals surface area contributed by atoms with E-state index in [0.29, 0.717) is 23.1 Å². The fourth-order valence-electron chi connectivity index (χ4n) is 3.19. The summed E-state index contributed by atoms with van der Waals surface area (Å²) in [4.78, 5) is 22.2. The summed E-state index contributed by atoms with van der Waals surface area (Å²) in [6.45, 7) is 3.05. The topological polar surface area (TPSA) is 66.8 Å². The van der Waals surface area contributed by atoms with Crippen LogP contribution in [0, 0.1) is 5.92 Å². The predicted octanol–water partition coefficient (Wildman–Crippen LogP) is 1.42. The zero-order valence-electron chi connectivity index (χ0n) is 12.5. The number of nitrogens with one attached hydrogen (secondary N) is 1. The summed E-state index contributed by atoms with van der Waals surface area (Å²) in [6.07, 6.45) is 6.81. The number of aryl methyl sites for hydroxylation is 1. The maximum atomic E-state index is 12.1. The highest BCUT2D eigenvalue weighted by Crippen LogP contribution is 2.40. The molecule has 0 amide bonds. The standard InChI is InChI=1S/C15H21N5O/c1-9(10-3-4-10)20(11-5-6-11)8-13-17-14-12(15(21)18-13)7-16-19(14)2/h7,9-11H,3-6,8H2,1-2H3,(H,17,18,21). The molecule has 0 radical (unpaired) electrons. The Hall–Kier alpha value is -1.69. The lowest BCUT2D eigenvalue weighted by atomic mass is 10.1. The first-order chi connectivity index (χ1) is 10.1. The minimum atomic E-state index is -0.0853. The number of aromatic amines is 1. The van der Waals surface area contributed by atoms with Gasteiger partial charge in [0.1, 0.15) is 11.2 Å². The van der Waals surface area contributed by atoms with E-state index in [1.165, 1.54) is 25.7 Å². The van der Waals surface area contributed by atoms with Crippen LogP contribution in [0.2, 0.25) is 0 Å². The molecule has 2 fully saturated rings. The van der Waals surface area contributed by atoms with Gasteiger partial charge in [-0.15, -0.1) is 0 Å². The van der Waals surface area contributed by atoms with Crippen molar-refractivity contribution in [1.82, 2.24) is 24.6 Å². The van der Waals surface area contributed by atoms with Gasteiger partial charge in [0.05, 0.1) is 12.7 Å². The summed E-state index contributed by atoms with van der Waals surface area (Å²) >= 11 is 0. The average molecular weight is 287 g/mol. The Labute approximate surface area is 123 Å². The second-order valence-corrected chi connectivity index (χ2v) is 6.50. The molecule has 0 bridgehead atoms. The van der Waals surface area contributed by atoms with Crippen LogP contribution in [0.4, 0.5) is 0 Å². The number of H-pyrrole nitrogens is 1. The molecular weight excluding hydrogens is 266 g/mol. The summed E-state index contributed by atoms with van der Waals surface area (Å²) in [5.74, 6) is 1.59. The van der Waals surface area contributed by atoms with Gasteiger partial charge in [0.25, 0.3) is 5.56 Å². The highest BCUT2D eigenvalue weighted by molar-refractivity contribution is 5.72. The molecule has 2 aliphatic rings. The van der Waals surface area contributed by atoms with Gasteiger partial charge in [-0.05, 0) is 38.5 Å². The molecule has 6 heteroatoms. The molecule has 1 unspecified atom stereocenters. The van der Waals surface area contributed by atoms with E-state index >= 15 is 0 Å². The van der Waals surface area contributed by atoms with Crippen molar-refractivity contribution in [2.45, 2.75) is 51.2 Å². The van der Waals surface area contributed by atoms with Crippen LogP contribution in [-0.4, -0.2) is 36.7 Å². The highest BCUT2D eigenvalue weighted by Gasteiger charge is 2.39. The summed E-state index contributed by atoms with van der Waals surface area (Å²) in [5.41, 5.74) is 0.585. The summed E-state index contributed by atoms with van der Waals surface area (Å²) < 4.78 is 1.67. The van der Waals surface area contributed by atoms with Gasteiger partial charge >= 0.3 is 0 Å². The average Bonchev–Trinajstić information content (AvgIpc) is 3.35. The Morgan fingerprint density at radius 2 is 2.19 bits per heavy atom. The molecule has 0 aliphatic heterocycles. The SMILES string of the molecule is CC(C1CC1)N(Cc1nc2c(cnn2C)c(=O)[nH]1)C1CC1. The van der Waals surface area contributed by atoms with Crippen LogP contribution in [0.5, 0.6) is 0 Å². The smallest absolute Gasteiger partial charge is 0.262 e. The zero-order valence-corrected chi connectivity index (χ0v) is 12.5. The molecule has 1 atom stereocenters. The third-order valence-electron chi connectivity index (χ3n) is 4.83. The third kappa shape index (κ3) is 2.37. The van der Waals surface area contributed by atoms with Gasteiger partial charge in [-0.2, -0.15) is 5.10 Å². The first-order valence-corrected chi connectivity index (χ1v) is 7.80. The van der Waals surface area contributed by atoms with Crippen molar-refractivity contribution in [3.63, 3.8) is 0 Å². The fourth-order valence-corrected chi connectivity index (χ4v) is 3.19. The molecule has 2 saturated carbocycles. The van der Waals surface area contributed by atoms with Crippen LogP contribution in [-0.2, 0) is 13.6 Å². The van der Waals surface area contributed by atoms with Crippen molar-refractivity contribution < 1.29 is 0 Å². The summed E-state index contributed by atoms with van der Waals surface area (Å²) in [5, 5.41) is 4.68. The van der Waals surface area contributed by atoms with E-state index in [1.807, 2.05) is 7.05 Å². The Morgan fingerprint density at radius 3 is 2.86 bits per heavy atom. The fraction of sp³-hybridized carbons (Fsp3) is 0.667. The largest absolute Gasteiger partial charge is 0.309 e. The lowest BCUT2D eigenvalue weighted by Crippen LogP contribution is -2.37. The monoisotopic (exact) mass is 287 g/mol. The van der Waals surface area contributed by atoms with E-state index in [-0.39, 0.29) is 5.56 Å². The molecule has 21 heavy (non-hydrogen) atoms. The zero-order chi connectivity index (χ0) is 14.6. The molecule has 4 rings (SSSR count). The maximum Gasteiger partial charge on any atom is 0.262 e. The first-order valence-electron chi connectivity index (χ1n) is 7.80. The van der Waals surface area contributed by atoms with Gasteiger partial charge < -0.3 is 4.98 Å².